The van der Waals surface area contributed by atoms with Crippen LogP contribution in [-0.4, -0.2) is 6.61 Å². The number of ether oxygens (including phenoxy) is 1. The van der Waals surface area contributed by atoms with Crippen molar-refractivity contribution in [3.05, 3.63) is 40.4 Å². The van der Waals surface area contributed by atoms with E-state index < -0.39 is 0 Å². The summed E-state index contributed by atoms with van der Waals surface area (Å²) in [6, 6.07) is 6.74. The lowest BCUT2D eigenvalue weighted by atomic mass is 10.2. The first-order valence-corrected chi connectivity index (χ1v) is 4.54. The molecule has 4 heteroatoms. The van der Waals surface area contributed by atoms with Gasteiger partial charge < -0.3 is 4.74 Å². The number of hydrogen-bond acceptors (Lipinski definition) is 2. The summed E-state index contributed by atoms with van der Waals surface area (Å²) in [4.78, 5) is 0. The van der Waals surface area contributed by atoms with E-state index in [1.807, 2.05) is 6.07 Å². The molecule has 0 atom stereocenters. The van der Waals surface area contributed by atoms with Crippen LogP contribution in [0.4, 0.5) is 0 Å². The summed E-state index contributed by atoms with van der Waals surface area (Å²) < 4.78 is 5.22. The molecule has 0 saturated carbocycles. The molecule has 2 nitrogen and oxygen atoms in total. The molecule has 14 heavy (non-hydrogen) atoms. The molecular weight excluding hydrogens is 221 g/mol. The molecule has 0 aliphatic carbocycles. The van der Waals surface area contributed by atoms with E-state index in [-0.39, 0.29) is 6.61 Å². The van der Waals surface area contributed by atoms with E-state index in [1.54, 1.807) is 18.2 Å². The first-order chi connectivity index (χ1) is 6.61. The Morgan fingerprint density at radius 3 is 2.79 bits per heavy atom. The number of nitriles is 1. The van der Waals surface area contributed by atoms with E-state index in [9.17, 15) is 0 Å². The average Bonchev–Trinajstić information content (AvgIpc) is 2.14. The molecule has 0 heterocycles. The van der Waals surface area contributed by atoms with E-state index in [4.69, 9.17) is 33.2 Å². The van der Waals surface area contributed by atoms with Crippen LogP contribution < -0.4 is 4.74 Å². The molecular formula is C10H7Cl2NO. The van der Waals surface area contributed by atoms with Crippen molar-refractivity contribution in [2.45, 2.75) is 0 Å². The first kappa shape index (κ1) is 10.9. The molecule has 1 aromatic carbocycles. The van der Waals surface area contributed by atoms with Gasteiger partial charge in [-0.15, -0.1) is 0 Å². The van der Waals surface area contributed by atoms with Crippen molar-refractivity contribution in [2.75, 3.05) is 6.61 Å². The zero-order valence-corrected chi connectivity index (χ0v) is 8.77. The summed E-state index contributed by atoms with van der Waals surface area (Å²) in [5.74, 6) is 0.510. The van der Waals surface area contributed by atoms with E-state index in [2.05, 4.69) is 6.58 Å². The van der Waals surface area contributed by atoms with Gasteiger partial charge in [0.1, 0.15) is 12.4 Å². The molecule has 0 saturated heterocycles. The van der Waals surface area contributed by atoms with Crippen LogP contribution in [0, 0.1) is 11.3 Å². The molecule has 0 spiro atoms. The third-order valence-electron chi connectivity index (χ3n) is 1.40. The van der Waals surface area contributed by atoms with Crippen molar-refractivity contribution in [3.8, 4) is 11.8 Å². The zero-order valence-electron chi connectivity index (χ0n) is 7.26. The largest absolute Gasteiger partial charge is 0.488 e. The van der Waals surface area contributed by atoms with Crippen LogP contribution in [0.1, 0.15) is 5.56 Å². The second kappa shape index (κ2) is 4.90. The second-order valence-electron chi connectivity index (χ2n) is 2.59. The van der Waals surface area contributed by atoms with Gasteiger partial charge in [0, 0.05) is 10.1 Å². The summed E-state index contributed by atoms with van der Waals surface area (Å²) in [7, 11) is 0. The fourth-order valence-electron chi connectivity index (χ4n) is 0.872. The van der Waals surface area contributed by atoms with Gasteiger partial charge >= 0.3 is 0 Å². The van der Waals surface area contributed by atoms with Crippen molar-refractivity contribution in [1.29, 1.82) is 5.26 Å². The average molecular weight is 228 g/mol. The van der Waals surface area contributed by atoms with Gasteiger partial charge in [0.2, 0.25) is 0 Å². The Balaban J connectivity index is 2.82. The number of hydrogen-bond donors (Lipinski definition) is 0. The van der Waals surface area contributed by atoms with E-state index in [1.165, 1.54) is 0 Å². The summed E-state index contributed by atoms with van der Waals surface area (Å²) >= 11 is 11.3. The van der Waals surface area contributed by atoms with Crippen LogP contribution in [0.3, 0.4) is 0 Å². The molecule has 0 aliphatic heterocycles. The Labute approximate surface area is 92.3 Å². The van der Waals surface area contributed by atoms with Crippen molar-refractivity contribution < 1.29 is 4.74 Å². The fourth-order valence-corrected chi connectivity index (χ4v) is 1.15. The summed E-state index contributed by atoms with van der Waals surface area (Å²) in [6.07, 6.45) is 0. The Morgan fingerprint density at radius 1 is 1.50 bits per heavy atom. The summed E-state index contributed by atoms with van der Waals surface area (Å²) in [5, 5.41) is 9.51. The molecule has 0 radical (unpaired) electrons. The van der Waals surface area contributed by atoms with Gasteiger partial charge in [0.05, 0.1) is 11.6 Å². The Hall–Kier alpha value is -1.17. The third-order valence-corrected chi connectivity index (χ3v) is 1.72. The molecule has 1 aromatic rings. The molecule has 0 N–H and O–H groups in total. The highest BCUT2D eigenvalue weighted by molar-refractivity contribution is 6.30. The number of halogens is 2. The Bertz CT molecular complexity index is 396. The normalized spacial score (nSPS) is 9.21. The quantitative estimate of drug-likeness (QED) is 0.794. The third kappa shape index (κ3) is 3.29. The minimum absolute atomic E-state index is 0.201. The van der Waals surface area contributed by atoms with Gasteiger partial charge in [0.25, 0.3) is 0 Å². The van der Waals surface area contributed by atoms with Gasteiger partial charge in [-0.2, -0.15) is 5.26 Å². The van der Waals surface area contributed by atoms with E-state index in [0.717, 1.165) is 0 Å². The predicted molar refractivity (Wildman–Crippen MR) is 56.7 cm³/mol. The lowest BCUT2D eigenvalue weighted by Gasteiger charge is -2.05. The van der Waals surface area contributed by atoms with Crippen LogP contribution in [0.5, 0.6) is 5.75 Å². The van der Waals surface area contributed by atoms with Crippen LogP contribution >= 0.6 is 23.2 Å². The molecule has 72 valence electrons. The summed E-state index contributed by atoms with van der Waals surface area (Å²) in [6.45, 7) is 3.68. The topological polar surface area (TPSA) is 33.0 Å². The van der Waals surface area contributed by atoms with Crippen LogP contribution in [0.2, 0.25) is 5.02 Å². The first-order valence-electron chi connectivity index (χ1n) is 3.78. The van der Waals surface area contributed by atoms with Crippen LogP contribution in [-0.2, 0) is 0 Å². The second-order valence-corrected chi connectivity index (χ2v) is 3.56. The van der Waals surface area contributed by atoms with Crippen LogP contribution in [0.15, 0.2) is 29.8 Å². The molecule has 0 amide bonds. The minimum Gasteiger partial charge on any atom is -0.488 e. The molecule has 1 rings (SSSR count). The molecule has 0 bridgehead atoms. The van der Waals surface area contributed by atoms with E-state index >= 15 is 0 Å². The predicted octanol–water partition coefficient (Wildman–Crippen LogP) is 3.34. The number of rotatable bonds is 3. The smallest absolute Gasteiger partial charge is 0.123 e. The maximum atomic E-state index is 8.66. The molecule has 0 fully saturated rings. The molecule has 0 aliphatic rings. The Morgan fingerprint density at radius 2 is 2.21 bits per heavy atom. The fraction of sp³-hybridized carbons (Fsp3) is 0.100. The van der Waals surface area contributed by atoms with Crippen LogP contribution in [0.25, 0.3) is 0 Å². The maximum Gasteiger partial charge on any atom is 0.123 e. The van der Waals surface area contributed by atoms with Crippen molar-refractivity contribution in [3.63, 3.8) is 0 Å². The SMILES string of the molecule is C=C(Cl)COc1cc(Cl)cc(C#N)c1. The maximum absolute atomic E-state index is 8.66. The van der Waals surface area contributed by atoms with Gasteiger partial charge in [-0.05, 0) is 18.2 Å². The minimum atomic E-state index is 0.201. The monoisotopic (exact) mass is 227 g/mol. The van der Waals surface area contributed by atoms with Crippen molar-refractivity contribution in [2.24, 2.45) is 0 Å². The lowest BCUT2D eigenvalue weighted by molar-refractivity contribution is 0.359. The highest BCUT2D eigenvalue weighted by Crippen LogP contribution is 2.21. The highest BCUT2D eigenvalue weighted by Gasteiger charge is 2.00. The van der Waals surface area contributed by atoms with Gasteiger partial charge in [0.15, 0.2) is 0 Å². The molecule has 0 unspecified atom stereocenters. The summed E-state index contributed by atoms with van der Waals surface area (Å²) in [5.41, 5.74) is 0.452. The van der Waals surface area contributed by atoms with Crippen molar-refractivity contribution in [1.82, 2.24) is 0 Å². The highest BCUT2D eigenvalue weighted by atomic mass is 35.5. The van der Waals surface area contributed by atoms with Gasteiger partial charge in [-0.1, -0.05) is 29.8 Å². The van der Waals surface area contributed by atoms with Gasteiger partial charge in [-0.25, -0.2) is 0 Å². The number of nitrogens with zero attached hydrogens (tertiary/aromatic N) is 1. The standard InChI is InChI=1S/C10H7Cl2NO/c1-7(11)6-14-10-3-8(5-13)2-9(12)4-10/h2-4H,1,6H2. The lowest BCUT2D eigenvalue weighted by Crippen LogP contribution is -1.96. The van der Waals surface area contributed by atoms with E-state index in [0.29, 0.717) is 21.4 Å². The molecule has 0 aromatic heterocycles. The number of benzene rings is 1. The van der Waals surface area contributed by atoms with Crippen molar-refractivity contribution >= 4 is 23.2 Å². The Kier molecular flexibility index (Phi) is 3.82. The zero-order chi connectivity index (χ0) is 10.6. The van der Waals surface area contributed by atoms with Gasteiger partial charge in [-0.3, -0.25) is 0 Å².